The molecule has 0 amide bonds. The van der Waals surface area contributed by atoms with E-state index in [0.717, 1.165) is 35.4 Å². The summed E-state index contributed by atoms with van der Waals surface area (Å²) in [5, 5.41) is 0.509. The van der Waals surface area contributed by atoms with Crippen LogP contribution in [-0.4, -0.2) is 38.0 Å². The van der Waals surface area contributed by atoms with E-state index in [1.807, 2.05) is 34.9 Å². The molecule has 0 radical (unpaired) electrons. The molecule has 29 heavy (non-hydrogen) atoms. The van der Waals surface area contributed by atoms with Gasteiger partial charge in [-0.1, -0.05) is 0 Å². The van der Waals surface area contributed by atoms with Crippen molar-refractivity contribution in [2.75, 3.05) is 28.4 Å². The highest BCUT2D eigenvalue weighted by Crippen LogP contribution is 2.36. The van der Waals surface area contributed by atoms with Gasteiger partial charge in [0, 0.05) is 24.2 Å². The zero-order valence-electron chi connectivity index (χ0n) is 16.8. The maximum Gasteiger partial charge on any atom is 0.281 e. The van der Waals surface area contributed by atoms with Crippen LogP contribution in [0.25, 0.3) is 22.6 Å². The number of aromatic nitrogens is 2. The summed E-state index contributed by atoms with van der Waals surface area (Å²) >= 11 is 0. The maximum absolute atomic E-state index is 12.7. The van der Waals surface area contributed by atoms with Gasteiger partial charge in [0.05, 0.1) is 39.3 Å². The molecule has 150 valence electrons. The summed E-state index contributed by atoms with van der Waals surface area (Å²) in [5.41, 5.74) is 2.37. The zero-order valence-corrected chi connectivity index (χ0v) is 16.8. The summed E-state index contributed by atoms with van der Waals surface area (Å²) in [7, 11) is 6.36. The first-order chi connectivity index (χ1) is 14.1. The van der Waals surface area contributed by atoms with Crippen molar-refractivity contribution in [3.63, 3.8) is 0 Å². The van der Waals surface area contributed by atoms with Crippen LogP contribution in [0.1, 0.15) is 17.8 Å². The number of aryl methyl sites for hydroxylation is 1. The fourth-order valence-electron chi connectivity index (χ4n) is 3.67. The van der Waals surface area contributed by atoms with Gasteiger partial charge in [-0.3, -0.25) is 4.79 Å². The molecule has 0 fully saturated rings. The summed E-state index contributed by atoms with van der Waals surface area (Å²) in [6.07, 6.45) is 2.77. The zero-order chi connectivity index (χ0) is 20.5. The largest absolute Gasteiger partial charge is 0.497 e. The summed E-state index contributed by atoms with van der Waals surface area (Å²) in [4.78, 5) is 17.1. The molecule has 0 saturated heterocycles. The van der Waals surface area contributed by atoms with E-state index in [-0.39, 0.29) is 5.56 Å². The Hall–Kier alpha value is -3.48. The lowest BCUT2D eigenvalue weighted by Gasteiger charge is -2.12. The predicted molar refractivity (Wildman–Crippen MR) is 111 cm³/mol. The fraction of sp³-hybridized carbons (Fsp3) is 0.273. The molecular weight excluding hydrogens is 372 g/mol. The Morgan fingerprint density at radius 2 is 1.66 bits per heavy atom. The van der Waals surface area contributed by atoms with Gasteiger partial charge in [0.25, 0.3) is 5.56 Å². The van der Waals surface area contributed by atoms with Crippen molar-refractivity contribution in [2.45, 2.75) is 13.0 Å². The Bertz CT molecular complexity index is 1180. The van der Waals surface area contributed by atoms with Gasteiger partial charge in [0.15, 0.2) is 11.5 Å². The van der Waals surface area contributed by atoms with Crippen molar-refractivity contribution in [2.24, 2.45) is 0 Å². The van der Waals surface area contributed by atoms with Crippen LogP contribution < -0.4 is 24.5 Å². The smallest absolute Gasteiger partial charge is 0.281 e. The Labute approximate surface area is 168 Å². The molecule has 1 aliphatic heterocycles. The molecular formula is C22H22N2O5. The quantitative estimate of drug-likeness (QED) is 0.661. The minimum atomic E-state index is -0.290. The third-order valence-electron chi connectivity index (χ3n) is 5.15. The van der Waals surface area contributed by atoms with Crippen molar-refractivity contribution < 1.29 is 18.9 Å². The van der Waals surface area contributed by atoms with Crippen LogP contribution in [0, 0.1) is 0 Å². The second-order valence-corrected chi connectivity index (χ2v) is 6.64. The molecule has 7 nitrogen and oxygen atoms in total. The molecule has 0 saturated carbocycles. The van der Waals surface area contributed by atoms with Crippen LogP contribution in [-0.2, 0) is 6.54 Å². The maximum atomic E-state index is 12.7. The predicted octanol–water partition coefficient (Wildman–Crippen LogP) is 3.38. The van der Waals surface area contributed by atoms with Crippen molar-refractivity contribution in [1.82, 2.24) is 9.55 Å². The second-order valence-electron chi connectivity index (χ2n) is 6.64. The molecule has 0 unspecified atom stereocenters. The van der Waals surface area contributed by atoms with Crippen LogP contribution in [0.4, 0.5) is 0 Å². The molecule has 3 aromatic rings. The Kier molecular flexibility index (Phi) is 4.88. The number of ether oxygens (including phenoxy) is 4. The molecule has 4 rings (SSSR count). The van der Waals surface area contributed by atoms with Crippen LogP contribution in [0.5, 0.6) is 23.0 Å². The molecule has 2 aromatic carbocycles. The SMILES string of the molecule is COc1ccc(C=C2CCn3c2nc(=O)c2cc(OC)c(OC)cc23)c(OC)c1. The first-order valence-corrected chi connectivity index (χ1v) is 9.19. The van der Waals surface area contributed by atoms with Gasteiger partial charge in [-0.2, -0.15) is 4.98 Å². The molecule has 7 heteroatoms. The molecule has 0 spiro atoms. The van der Waals surface area contributed by atoms with E-state index >= 15 is 0 Å². The standard InChI is InChI=1S/C22H22N2O5/c1-26-15-6-5-13(18(10-15)27-2)9-14-7-8-24-17-12-20(29-4)19(28-3)11-16(17)22(25)23-21(14)24/h5-6,9-12H,7-8H2,1-4H3. The first kappa shape index (κ1) is 18.9. The van der Waals surface area contributed by atoms with Crippen LogP contribution in [0.3, 0.4) is 0 Å². The minimum absolute atomic E-state index is 0.290. The number of fused-ring (bicyclic) bond motifs is 3. The van der Waals surface area contributed by atoms with Crippen LogP contribution in [0.15, 0.2) is 35.1 Å². The number of hydrogen-bond acceptors (Lipinski definition) is 6. The number of nitrogens with zero attached hydrogens (tertiary/aromatic N) is 2. The van der Waals surface area contributed by atoms with Gasteiger partial charge in [0.2, 0.25) is 0 Å². The average Bonchev–Trinajstić information content (AvgIpc) is 3.15. The highest BCUT2D eigenvalue weighted by molar-refractivity contribution is 5.88. The highest BCUT2D eigenvalue weighted by Gasteiger charge is 2.22. The van der Waals surface area contributed by atoms with Gasteiger partial charge in [-0.05, 0) is 36.3 Å². The van der Waals surface area contributed by atoms with Crippen molar-refractivity contribution in [3.8, 4) is 23.0 Å². The Morgan fingerprint density at radius 1 is 0.931 bits per heavy atom. The number of allylic oxidation sites excluding steroid dienone is 1. The number of hydrogen-bond donors (Lipinski definition) is 0. The summed E-state index contributed by atoms with van der Waals surface area (Å²) in [6.45, 7) is 0.721. The highest BCUT2D eigenvalue weighted by atomic mass is 16.5. The molecule has 0 atom stereocenters. The summed E-state index contributed by atoms with van der Waals surface area (Å²) in [6, 6.07) is 9.16. The van der Waals surface area contributed by atoms with Crippen molar-refractivity contribution in [3.05, 3.63) is 52.1 Å². The van der Waals surface area contributed by atoms with Gasteiger partial charge < -0.3 is 23.5 Å². The van der Waals surface area contributed by atoms with Crippen molar-refractivity contribution >= 4 is 22.6 Å². The monoisotopic (exact) mass is 394 g/mol. The van der Waals surface area contributed by atoms with E-state index in [4.69, 9.17) is 18.9 Å². The number of benzene rings is 2. The third kappa shape index (κ3) is 3.18. The molecule has 0 aliphatic carbocycles. The topological polar surface area (TPSA) is 71.8 Å². The summed E-state index contributed by atoms with van der Waals surface area (Å²) in [5.74, 6) is 3.17. The number of methoxy groups -OCH3 is 4. The minimum Gasteiger partial charge on any atom is -0.497 e. The lowest BCUT2D eigenvalue weighted by atomic mass is 10.1. The first-order valence-electron chi connectivity index (χ1n) is 9.19. The second kappa shape index (κ2) is 7.50. The van der Waals surface area contributed by atoms with E-state index in [9.17, 15) is 4.79 Å². The average molecular weight is 394 g/mol. The van der Waals surface area contributed by atoms with Gasteiger partial charge in [-0.15, -0.1) is 0 Å². The Morgan fingerprint density at radius 3 is 2.34 bits per heavy atom. The van der Waals surface area contributed by atoms with E-state index in [1.165, 1.54) is 0 Å². The van der Waals surface area contributed by atoms with Crippen LogP contribution >= 0.6 is 0 Å². The van der Waals surface area contributed by atoms with E-state index in [2.05, 4.69) is 4.98 Å². The summed E-state index contributed by atoms with van der Waals surface area (Å²) < 4.78 is 23.5. The van der Waals surface area contributed by atoms with Crippen molar-refractivity contribution in [1.29, 1.82) is 0 Å². The normalized spacial score (nSPS) is 14.1. The van der Waals surface area contributed by atoms with Gasteiger partial charge in [-0.25, -0.2) is 0 Å². The lowest BCUT2D eigenvalue weighted by molar-refractivity contribution is 0.355. The molecule has 0 N–H and O–H groups in total. The fourth-order valence-corrected chi connectivity index (χ4v) is 3.67. The van der Waals surface area contributed by atoms with E-state index in [1.54, 1.807) is 34.5 Å². The number of rotatable bonds is 5. The van der Waals surface area contributed by atoms with Crippen LogP contribution in [0.2, 0.25) is 0 Å². The Balaban J connectivity index is 1.88. The third-order valence-corrected chi connectivity index (χ3v) is 5.15. The molecule has 1 aromatic heterocycles. The molecule has 2 heterocycles. The van der Waals surface area contributed by atoms with Gasteiger partial charge >= 0.3 is 0 Å². The van der Waals surface area contributed by atoms with E-state index < -0.39 is 0 Å². The molecule has 0 bridgehead atoms. The molecule has 1 aliphatic rings. The lowest BCUT2D eigenvalue weighted by Crippen LogP contribution is -2.14. The van der Waals surface area contributed by atoms with Gasteiger partial charge in [0.1, 0.15) is 17.3 Å². The van der Waals surface area contributed by atoms with E-state index in [0.29, 0.717) is 28.5 Å².